The van der Waals surface area contributed by atoms with Gasteiger partial charge in [0.1, 0.15) is 0 Å². The van der Waals surface area contributed by atoms with E-state index in [1.807, 2.05) is 12.1 Å². The van der Waals surface area contributed by atoms with E-state index in [1.54, 1.807) is 0 Å². The summed E-state index contributed by atoms with van der Waals surface area (Å²) in [6, 6.07) is 69.7. The van der Waals surface area contributed by atoms with Crippen LogP contribution in [0.2, 0.25) is 0 Å². The van der Waals surface area contributed by atoms with Gasteiger partial charge in [-0.15, -0.1) is 0 Å². The molecule has 12 rings (SSSR count). The van der Waals surface area contributed by atoms with E-state index in [4.69, 9.17) is 0 Å². The van der Waals surface area contributed by atoms with Gasteiger partial charge in [-0.3, -0.25) is 0 Å². The van der Waals surface area contributed by atoms with Gasteiger partial charge in [0.2, 0.25) is 0 Å². The molecule has 2 aliphatic carbocycles. The van der Waals surface area contributed by atoms with Gasteiger partial charge in [-0.25, -0.2) is 4.21 Å². The van der Waals surface area contributed by atoms with Crippen molar-refractivity contribution < 1.29 is 4.21 Å². The fourth-order valence-corrected chi connectivity index (χ4v) is 11.9. The van der Waals surface area contributed by atoms with Gasteiger partial charge in [0.15, 0.2) is 0 Å². The standard InChI is InChI=1S/C55H39N3OS/c59-60-52-31-17-16-30-50(52)58(42-34-32-41(33-35-42)56(38-18-4-1-5-19-38)39-20-6-2-7-21-39)51-37-36-47-53(54(51)60)43-24-10-11-25-44(43)55(47)45-26-12-14-28-48(45)57(40-22-8-3-9-23-40)49-29-15-13-27-46(49)55/h1-20,22-37,39H,21H2. The lowest BCUT2D eigenvalue weighted by atomic mass is 9.64. The number of hydrogen-bond acceptors (Lipinski definition) is 4. The first kappa shape index (κ1) is 34.8. The van der Waals surface area contributed by atoms with Crippen molar-refractivity contribution in [2.24, 2.45) is 0 Å². The minimum absolute atomic E-state index is 0.201. The second-order valence-electron chi connectivity index (χ2n) is 15.7. The summed E-state index contributed by atoms with van der Waals surface area (Å²) >= 11 is 0. The fourth-order valence-electron chi connectivity index (χ4n) is 10.3. The maximum atomic E-state index is 15.4. The highest BCUT2D eigenvalue weighted by Gasteiger charge is 2.53. The number of anilines is 8. The van der Waals surface area contributed by atoms with E-state index in [2.05, 4.69) is 221 Å². The highest BCUT2D eigenvalue weighted by molar-refractivity contribution is 7.85. The van der Waals surface area contributed by atoms with Crippen molar-refractivity contribution in [1.82, 2.24) is 0 Å². The van der Waals surface area contributed by atoms with Gasteiger partial charge in [0.25, 0.3) is 0 Å². The summed E-state index contributed by atoms with van der Waals surface area (Å²) in [6.45, 7) is 0. The van der Waals surface area contributed by atoms with Crippen LogP contribution in [0.15, 0.2) is 228 Å². The van der Waals surface area contributed by atoms with Crippen molar-refractivity contribution in [2.75, 3.05) is 14.7 Å². The summed E-state index contributed by atoms with van der Waals surface area (Å²) in [5.74, 6) is 0. The molecule has 286 valence electrons. The topological polar surface area (TPSA) is 26.8 Å². The summed E-state index contributed by atoms with van der Waals surface area (Å²) in [5.41, 5.74) is 14.9. The molecule has 5 heteroatoms. The molecule has 0 radical (unpaired) electrons. The van der Waals surface area contributed by atoms with Crippen molar-refractivity contribution in [3.63, 3.8) is 0 Å². The van der Waals surface area contributed by atoms with E-state index >= 15 is 4.21 Å². The van der Waals surface area contributed by atoms with Crippen LogP contribution in [0.4, 0.5) is 45.5 Å². The number of hydrogen-bond donors (Lipinski definition) is 0. The van der Waals surface area contributed by atoms with Crippen LogP contribution in [-0.2, 0) is 16.2 Å². The number of para-hydroxylation sites is 5. The van der Waals surface area contributed by atoms with Crippen LogP contribution in [0, 0.1) is 0 Å². The fraction of sp³-hybridized carbons (Fsp3) is 0.0545. The molecule has 1 spiro atoms. The number of benzene rings is 8. The lowest BCUT2D eigenvalue weighted by molar-refractivity contribution is 0.682. The molecule has 0 aromatic heterocycles. The Balaban J connectivity index is 1.07. The Kier molecular flexibility index (Phi) is 7.94. The summed E-state index contributed by atoms with van der Waals surface area (Å²) in [4.78, 5) is 8.80. The molecule has 0 N–H and O–H groups in total. The number of nitrogens with zero attached hydrogens (tertiary/aromatic N) is 3. The highest BCUT2D eigenvalue weighted by atomic mass is 32.2. The summed E-state index contributed by atoms with van der Waals surface area (Å²) in [6.07, 6.45) is 9.71. The third-order valence-electron chi connectivity index (χ3n) is 12.7. The highest BCUT2D eigenvalue weighted by Crippen LogP contribution is 2.65. The van der Waals surface area contributed by atoms with Gasteiger partial charge in [0.05, 0.1) is 54.8 Å². The molecular weight excluding hydrogens is 751 g/mol. The molecule has 4 aliphatic rings. The molecule has 0 saturated heterocycles. The first-order chi connectivity index (χ1) is 29.7. The Morgan fingerprint density at radius 2 is 1.05 bits per heavy atom. The zero-order valence-corrected chi connectivity index (χ0v) is 33.5. The maximum Gasteiger partial charge on any atom is 0.0898 e. The van der Waals surface area contributed by atoms with E-state index in [-0.39, 0.29) is 6.04 Å². The molecule has 4 nitrogen and oxygen atoms in total. The van der Waals surface area contributed by atoms with E-state index in [9.17, 15) is 0 Å². The van der Waals surface area contributed by atoms with Gasteiger partial charge in [-0.2, -0.15) is 0 Å². The third-order valence-corrected chi connectivity index (χ3v) is 14.2. The lowest BCUT2D eigenvalue weighted by Gasteiger charge is -2.45. The van der Waals surface area contributed by atoms with Crippen molar-refractivity contribution >= 4 is 56.3 Å². The van der Waals surface area contributed by atoms with Crippen molar-refractivity contribution in [3.8, 4) is 11.1 Å². The largest absolute Gasteiger partial charge is 0.334 e. The number of rotatable bonds is 5. The van der Waals surface area contributed by atoms with Crippen LogP contribution in [0.3, 0.4) is 0 Å². The molecule has 8 aromatic carbocycles. The third kappa shape index (κ3) is 4.93. The maximum absolute atomic E-state index is 15.4. The Morgan fingerprint density at radius 1 is 0.483 bits per heavy atom. The second kappa shape index (κ2) is 13.7. The predicted octanol–water partition coefficient (Wildman–Crippen LogP) is 13.8. The molecule has 0 bridgehead atoms. The van der Waals surface area contributed by atoms with Gasteiger partial charge in [-0.05, 0) is 113 Å². The average molecular weight is 790 g/mol. The minimum Gasteiger partial charge on any atom is -0.334 e. The Morgan fingerprint density at radius 3 is 1.75 bits per heavy atom. The van der Waals surface area contributed by atoms with Crippen LogP contribution in [0.5, 0.6) is 0 Å². The quantitative estimate of drug-likeness (QED) is 0.174. The van der Waals surface area contributed by atoms with E-state index in [1.165, 1.54) is 16.7 Å². The average Bonchev–Trinajstić information content (AvgIpc) is 3.61. The SMILES string of the molecule is O=S1c2ccccc2N(c2ccc(N(c3ccccc3)C3C=CC=CC3)cc2)c2ccc3c(c21)-c1ccccc1C31c2ccccc2N(c2ccccc2)c2ccccc21. The lowest BCUT2D eigenvalue weighted by Crippen LogP contribution is -2.36. The molecule has 60 heavy (non-hydrogen) atoms. The van der Waals surface area contributed by atoms with E-state index in [0.717, 1.165) is 78.4 Å². The Bertz CT molecular complexity index is 3020. The second-order valence-corrected chi connectivity index (χ2v) is 17.1. The summed E-state index contributed by atoms with van der Waals surface area (Å²) < 4.78 is 15.4. The first-order valence-corrected chi connectivity index (χ1v) is 21.8. The number of fused-ring (bicyclic) bond motifs is 12. The van der Waals surface area contributed by atoms with Crippen LogP contribution in [0.1, 0.15) is 28.7 Å². The molecular formula is C55H39N3OS. The van der Waals surface area contributed by atoms with Gasteiger partial charge < -0.3 is 14.7 Å². The molecule has 2 heterocycles. The van der Waals surface area contributed by atoms with Crippen LogP contribution >= 0.6 is 0 Å². The Hall–Kier alpha value is -7.21. The minimum atomic E-state index is -1.46. The predicted molar refractivity (Wildman–Crippen MR) is 247 cm³/mol. The summed E-state index contributed by atoms with van der Waals surface area (Å²) in [7, 11) is -1.46. The normalized spacial score (nSPS) is 17.3. The molecule has 2 atom stereocenters. The van der Waals surface area contributed by atoms with E-state index in [0.29, 0.717) is 0 Å². The van der Waals surface area contributed by atoms with E-state index < -0.39 is 16.2 Å². The van der Waals surface area contributed by atoms with Crippen LogP contribution in [-0.4, -0.2) is 10.3 Å². The smallest absolute Gasteiger partial charge is 0.0898 e. The summed E-state index contributed by atoms with van der Waals surface area (Å²) in [5, 5.41) is 0. The van der Waals surface area contributed by atoms with Gasteiger partial charge >= 0.3 is 0 Å². The molecule has 8 aromatic rings. The molecule has 2 unspecified atom stereocenters. The molecule has 2 aliphatic heterocycles. The monoisotopic (exact) mass is 789 g/mol. The van der Waals surface area contributed by atoms with Gasteiger partial charge in [0, 0.05) is 28.3 Å². The zero-order valence-electron chi connectivity index (χ0n) is 32.7. The van der Waals surface area contributed by atoms with Crippen LogP contribution in [0.25, 0.3) is 11.1 Å². The molecule has 0 amide bonds. The van der Waals surface area contributed by atoms with Gasteiger partial charge in [-0.1, -0.05) is 140 Å². The van der Waals surface area contributed by atoms with Crippen LogP contribution < -0.4 is 14.7 Å². The van der Waals surface area contributed by atoms with Crippen molar-refractivity contribution in [2.45, 2.75) is 27.7 Å². The number of allylic oxidation sites excluding steroid dienone is 2. The molecule has 0 saturated carbocycles. The van der Waals surface area contributed by atoms with Crippen molar-refractivity contribution in [1.29, 1.82) is 0 Å². The first-order valence-electron chi connectivity index (χ1n) is 20.6. The Labute approximate surface area is 353 Å². The molecule has 0 fully saturated rings. The van der Waals surface area contributed by atoms with Crippen molar-refractivity contribution in [3.05, 3.63) is 241 Å². The zero-order chi connectivity index (χ0) is 39.8.